The van der Waals surface area contributed by atoms with Gasteiger partial charge in [0, 0.05) is 24.7 Å². The monoisotopic (exact) mass is 386 g/mol. The topological polar surface area (TPSA) is 80.0 Å². The van der Waals surface area contributed by atoms with Gasteiger partial charge in [-0.1, -0.05) is 32.4 Å². The number of pyridine rings is 1. The van der Waals surface area contributed by atoms with Gasteiger partial charge in [0.15, 0.2) is 5.65 Å². The molecule has 3 aromatic heterocycles. The molecule has 0 aromatic carbocycles. The Labute approximate surface area is 163 Å². The van der Waals surface area contributed by atoms with Crippen LogP contribution in [-0.2, 0) is 12.0 Å². The molecule has 142 valence electrons. The fourth-order valence-corrected chi connectivity index (χ4v) is 3.42. The molecule has 7 nitrogen and oxygen atoms in total. The Balaban J connectivity index is 1.84. The largest absolute Gasteiger partial charge is 0.391 e. The number of hydrogen-bond acceptors (Lipinski definition) is 6. The van der Waals surface area contributed by atoms with Gasteiger partial charge in [-0.15, -0.1) is 0 Å². The lowest BCUT2D eigenvalue weighted by molar-refractivity contribution is 0.198. The number of fused-ring (bicyclic) bond motifs is 1. The Kier molecular flexibility index (Phi) is 4.52. The second-order valence-corrected chi connectivity index (χ2v) is 8.39. The van der Waals surface area contributed by atoms with E-state index in [1.54, 1.807) is 12.4 Å². The molecule has 4 heterocycles. The van der Waals surface area contributed by atoms with Gasteiger partial charge in [0.2, 0.25) is 0 Å². The van der Waals surface area contributed by atoms with Crippen molar-refractivity contribution in [3.63, 3.8) is 0 Å². The van der Waals surface area contributed by atoms with Crippen LogP contribution in [0.2, 0.25) is 5.02 Å². The lowest BCUT2D eigenvalue weighted by atomic mass is 9.95. The van der Waals surface area contributed by atoms with Crippen LogP contribution in [0.4, 0.5) is 5.82 Å². The Morgan fingerprint density at radius 2 is 2.11 bits per heavy atom. The highest BCUT2D eigenvalue weighted by atomic mass is 35.5. The van der Waals surface area contributed by atoms with Gasteiger partial charge in [0.1, 0.15) is 11.6 Å². The maximum absolute atomic E-state index is 9.96. The number of nitrogens with zero attached hydrogens (tertiary/aromatic N) is 6. The molecule has 3 aromatic rings. The first-order chi connectivity index (χ1) is 12.8. The molecular formula is C19H23ClN6O. The smallest absolute Gasteiger partial charge is 0.164 e. The van der Waals surface area contributed by atoms with Crippen molar-refractivity contribution in [3.8, 4) is 0 Å². The van der Waals surface area contributed by atoms with E-state index in [2.05, 4.69) is 35.8 Å². The summed E-state index contributed by atoms with van der Waals surface area (Å²) in [5, 5.41) is 16.0. The third kappa shape index (κ3) is 3.49. The minimum absolute atomic E-state index is 0.209. The SMILES string of the molecule is CC(C)(C)c1nc(N2CC[C@H](O)C2)c2cnn(Cc3ncccc3Cl)c2n1. The second kappa shape index (κ2) is 6.73. The number of β-amino-alcohol motifs (C(OH)–C–C–N with tert-alkyl or cyclic N) is 1. The summed E-state index contributed by atoms with van der Waals surface area (Å²) >= 11 is 6.27. The number of halogens is 1. The van der Waals surface area contributed by atoms with Crippen LogP contribution in [0.3, 0.4) is 0 Å². The summed E-state index contributed by atoms with van der Waals surface area (Å²) in [5.74, 6) is 1.58. The number of aliphatic hydroxyl groups is 1. The first kappa shape index (κ1) is 18.1. The molecule has 0 bridgehead atoms. The Hall–Kier alpha value is -2.25. The molecule has 4 rings (SSSR count). The summed E-state index contributed by atoms with van der Waals surface area (Å²) in [4.78, 5) is 16.1. The molecule has 8 heteroatoms. The van der Waals surface area contributed by atoms with Gasteiger partial charge >= 0.3 is 0 Å². The summed E-state index contributed by atoms with van der Waals surface area (Å²) in [6.45, 7) is 8.06. The quantitative estimate of drug-likeness (QED) is 0.745. The molecule has 0 amide bonds. The molecule has 0 spiro atoms. The van der Waals surface area contributed by atoms with E-state index in [-0.39, 0.29) is 11.5 Å². The van der Waals surface area contributed by atoms with E-state index in [0.29, 0.717) is 18.1 Å². The van der Waals surface area contributed by atoms with Crippen molar-refractivity contribution < 1.29 is 5.11 Å². The van der Waals surface area contributed by atoms with Gasteiger partial charge in [0.05, 0.1) is 34.9 Å². The van der Waals surface area contributed by atoms with Gasteiger partial charge in [-0.25, -0.2) is 14.6 Å². The van der Waals surface area contributed by atoms with Crippen LogP contribution in [0.5, 0.6) is 0 Å². The van der Waals surface area contributed by atoms with E-state index >= 15 is 0 Å². The van der Waals surface area contributed by atoms with Gasteiger partial charge in [-0.2, -0.15) is 5.10 Å². The number of aliphatic hydroxyl groups excluding tert-OH is 1. The lowest BCUT2D eigenvalue weighted by Crippen LogP contribution is -2.25. The summed E-state index contributed by atoms with van der Waals surface area (Å²) in [5.41, 5.74) is 1.30. The highest BCUT2D eigenvalue weighted by Crippen LogP contribution is 2.30. The van der Waals surface area contributed by atoms with Gasteiger partial charge < -0.3 is 10.0 Å². The standard InChI is InChI=1S/C19H23ClN6O/c1-19(2,3)18-23-16(25-8-6-12(27)10-25)13-9-22-26(17(13)24-18)11-15-14(20)5-4-7-21-15/h4-5,7,9,12,27H,6,8,10-11H2,1-3H3/t12-/m0/s1. The van der Waals surface area contributed by atoms with E-state index in [1.807, 2.05) is 16.8 Å². The van der Waals surface area contributed by atoms with Crippen LogP contribution in [0, 0.1) is 0 Å². The molecule has 1 aliphatic rings. The predicted octanol–water partition coefficient (Wildman–Crippen LogP) is 2.79. The van der Waals surface area contributed by atoms with Crippen LogP contribution in [-0.4, -0.2) is 49.0 Å². The van der Waals surface area contributed by atoms with Gasteiger partial charge in [-0.3, -0.25) is 4.98 Å². The van der Waals surface area contributed by atoms with E-state index < -0.39 is 0 Å². The van der Waals surface area contributed by atoms with Crippen molar-refractivity contribution in [2.75, 3.05) is 18.0 Å². The molecule has 27 heavy (non-hydrogen) atoms. The zero-order chi connectivity index (χ0) is 19.2. The maximum Gasteiger partial charge on any atom is 0.164 e. The molecule has 1 saturated heterocycles. The fraction of sp³-hybridized carbons (Fsp3) is 0.474. The minimum atomic E-state index is -0.324. The zero-order valence-electron chi connectivity index (χ0n) is 15.7. The summed E-state index contributed by atoms with van der Waals surface area (Å²) in [6, 6.07) is 3.63. The van der Waals surface area contributed by atoms with Crippen molar-refractivity contribution in [2.24, 2.45) is 0 Å². The first-order valence-corrected chi connectivity index (χ1v) is 9.47. The van der Waals surface area contributed by atoms with Crippen LogP contribution >= 0.6 is 11.6 Å². The number of rotatable bonds is 3. The van der Waals surface area contributed by atoms with Crippen molar-refractivity contribution in [3.05, 3.63) is 41.1 Å². The third-order valence-corrected chi connectivity index (χ3v) is 5.09. The molecule has 1 atom stereocenters. The molecule has 0 saturated carbocycles. The average Bonchev–Trinajstić information content (AvgIpc) is 3.22. The molecule has 0 aliphatic carbocycles. The Morgan fingerprint density at radius 1 is 1.30 bits per heavy atom. The normalized spacial score (nSPS) is 17.8. The Morgan fingerprint density at radius 3 is 2.78 bits per heavy atom. The van der Waals surface area contributed by atoms with Crippen molar-refractivity contribution in [1.29, 1.82) is 0 Å². The van der Waals surface area contributed by atoms with E-state index in [0.717, 1.165) is 41.3 Å². The predicted molar refractivity (Wildman–Crippen MR) is 105 cm³/mol. The molecule has 0 unspecified atom stereocenters. The van der Waals surface area contributed by atoms with Crippen molar-refractivity contribution >= 4 is 28.5 Å². The number of hydrogen-bond donors (Lipinski definition) is 1. The van der Waals surface area contributed by atoms with E-state index in [1.165, 1.54) is 0 Å². The van der Waals surface area contributed by atoms with Crippen LogP contribution < -0.4 is 4.90 Å². The first-order valence-electron chi connectivity index (χ1n) is 9.09. The van der Waals surface area contributed by atoms with Crippen molar-refractivity contribution in [1.82, 2.24) is 24.7 Å². The van der Waals surface area contributed by atoms with Gasteiger partial charge in [-0.05, 0) is 18.6 Å². The maximum atomic E-state index is 9.96. The van der Waals surface area contributed by atoms with Crippen LogP contribution in [0.25, 0.3) is 11.0 Å². The fourth-order valence-electron chi connectivity index (χ4n) is 3.24. The highest BCUT2D eigenvalue weighted by molar-refractivity contribution is 6.31. The highest BCUT2D eigenvalue weighted by Gasteiger charge is 2.28. The number of anilines is 1. The lowest BCUT2D eigenvalue weighted by Gasteiger charge is -2.22. The van der Waals surface area contributed by atoms with E-state index in [4.69, 9.17) is 21.6 Å². The molecule has 1 N–H and O–H groups in total. The van der Waals surface area contributed by atoms with Crippen LogP contribution in [0.1, 0.15) is 38.7 Å². The molecular weight excluding hydrogens is 364 g/mol. The number of aromatic nitrogens is 5. The minimum Gasteiger partial charge on any atom is -0.391 e. The summed E-state index contributed by atoms with van der Waals surface area (Å²) in [6.07, 6.45) is 3.93. The molecule has 1 fully saturated rings. The second-order valence-electron chi connectivity index (χ2n) is 7.98. The summed E-state index contributed by atoms with van der Waals surface area (Å²) < 4.78 is 1.82. The molecule has 1 aliphatic heterocycles. The van der Waals surface area contributed by atoms with Crippen molar-refractivity contribution in [2.45, 2.75) is 45.3 Å². The van der Waals surface area contributed by atoms with Gasteiger partial charge in [0.25, 0.3) is 0 Å². The zero-order valence-corrected chi connectivity index (χ0v) is 16.5. The molecule has 0 radical (unpaired) electrons. The summed E-state index contributed by atoms with van der Waals surface area (Å²) in [7, 11) is 0. The average molecular weight is 387 g/mol. The Bertz CT molecular complexity index is 980. The van der Waals surface area contributed by atoms with Crippen LogP contribution in [0.15, 0.2) is 24.5 Å². The third-order valence-electron chi connectivity index (χ3n) is 4.74. The van der Waals surface area contributed by atoms with E-state index in [9.17, 15) is 5.11 Å².